The third-order valence-corrected chi connectivity index (χ3v) is 5.00. The lowest BCUT2D eigenvalue weighted by atomic mass is 10.2. The number of carbonyl (C=O) groups excluding carboxylic acids is 1. The maximum absolute atomic E-state index is 12.4. The molecule has 1 fully saturated rings. The van der Waals surface area contributed by atoms with E-state index in [0.29, 0.717) is 5.56 Å². The van der Waals surface area contributed by atoms with Crippen LogP contribution in [0.3, 0.4) is 0 Å². The maximum Gasteiger partial charge on any atom is 0.255 e. The number of anilines is 1. The number of nitrogens with zero attached hydrogens (tertiary/aromatic N) is 3. The van der Waals surface area contributed by atoms with Crippen LogP contribution in [0.5, 0.6) is 0 Å². The molecule has 2 heterocycles. The van der Waals surface area contributed by atoms with E-state index in [1.807, 2.05) is 42.5 Å². The highest BCUT2D eigenvalue weighted by Crippen LogP contribution is 2.23. The highest BCUT2D eigenvalue weighted by atomic mass is 16.1. The third kappa shape index (κ3) is 3.35. The summed E-state index contributed by atoms with van der Waals surface area (Å²) in [5.41, 5.74) is 3.49. The van der Waals surface area contributed by atoms with Crippen LogP contribution in [0.25, 0.3) is 11.0 Å². The summed E-state index contributed by atoms with van der Waals surface area (Å²) in [6, 6.07) is 15.2. The summed E-state index contributed by atoms with van der Waals surface area (Å²) in [7, 11) is 0. The SMILES string of the molecule is CCn1c(CN2CCCC2)nc2cc(NC(=O)c3ccccc3)ccc21. The van der Waals surface area contributed by atoms with Crippen molar-refractivity contribution in [3.63, 3.8) is 0 Å². The summed E-state index contributed by atoms with van der Waals surface area (Å²) < 4.78 is 2.27. The van der Waals surface area contributed by atoms with Gasteiger partial charge in [0.1, 0.15) is 5.82 Å². The zero-order valence-corrected chi connectivity index (χ0v) is 15.1. The molecular formula is C21H24N4O. The monoisotopic (exact) mass is 348 g/mol. The predicted molar refractivity (Wildman–Crippen MR) is 104 cm³/mol. The van der Waals surface area contributed by atoms with Crippen molar-refractivity contribution in [3.05, 3.63) is 59.9 Å². The second-order valence-electron chi connectivity index (χ2n) is 6.78. The molecule has 4 rings (SSSR count). The summed E-state index contributed by atoms with van der Waals surface area (Å²) in [6.07, 6.45) is 2.56. The van der Waals surface area contributed by atoms with Crippen LogP contribution in [-0.4, -0.2) is 33.4 Å². The van der Waals surface area contributed by atoms with Crippen molar-refractivity contribution in [2.45, 2.75) is 32.9 Å². The Morgan fingerprint density at radius 2 is 1.88 bits per heavy atom. The molecule has 1 aromatic heterocycles. The number of aromatic nitrogens is 2. The van der Waals surface area contributed by atoms with Crippen LogP contribution in [-0.2, 0) is 13.1 Å². The Morgan fingerprint density at radius 1 is 1.12 bits per heavy atom. The Hall–Kier alpha value is -2.66. The van der Waals surface area contributed by atoms with Crippen molar-refractivity contribution in [3.8, 4) is 0 Å². The van der Waals surface area contributed by atoms with Gasteiger partial charge < -0.3 is 9.88 Å². The first-order chi connectivity index (χ1) is 12.7. The Balaban J connectivity index is 1.59. The average molecular weight is 348 g/mol. The number of likely N-dealkylation sites (tertiary alicyclic amines) is 1. The molecule has 1 aliphatic heterocycles. The maximum atomic E-state index is 12.4. The number of nitrogens with one attached hydrogen (secondary N) is 1. The van der Waals surface area contributed by atoms with Gasteiger partial charge in [-0.25, -0.2) is 4.98 Å². The molecule has 0 unspecified atom stereocenters. The highest BCUT2D eigenvalue weighted by Gasteiger charge is 2.17. The highest BCUT2D eigenvalue weighted by molar-refractivity contribution is 6.04. The smallest absolute Gasteiger partial charge is 0.255 e. The van der Waals surface area contributed by atoms with Gasteiger partial charge in [0, 0.05) is 17.8 Å². The molecular weight excluding hydrogens is 324 g/mol. The van der Waals surface area contributed by atoms with Gasteiger partial charge in [-0.15, -0.1) is 0 Å². The van der Waals surface area contributed by atoms with Crippen LogP contribution in [0.4, 0.5) is 5.69 Å². The van der Waals surface area contributed by atoms with Gasteiger partial charge in [-0.3, -0.25) is 9.69 Å². The second-order valence-corrected chi connectivity index (χ2v) is 6.78. The molecule has 26 heavy (non-hydrogen) atoms. The Morgan fingerprint density at radius 3 is 2.62 bits per heavy atom. The Bertz CT molecular complexity index is 910. The predicted octanol–water partition coefficient (Wildman–Crippen LogP) is 3.90. The summed E-state index contributed by atoms with van der Waals surface area (Å²) in [5.74, 6) is 1.01. The summed E-state index contributed by atoms with van der Waals surface area (Å²) in [5, 5.41) is 2.97. The topological polar surface area (TPSA) is 50.2 Å². The number of imidazole rings is 1. The van der Waals surface area contributed by atoms with Crippen molar-refractivity contribution in [2.24, 2.45) is 0 Å². The lowest BCUT2D eigenvalue weighted by molar-refractivity contribution is 0.102. The van der Waals surface area contributed by atoms with Gasteiger partial charge in [0.25, 0.3) is 5.91 Å². The van der Waals surface area contributed by atoms with Gasteiger partial charge in [0.15, 0.2) is 0 Å². The number of aryl methyl sites for hydroxylation is 1. The van der Waals surface area contributed by atoms with Crippen molar-refractivity contribution in [1.82, 2.24) is 14.5 Å². The van der Waals surface area contributed by atoms with E-state index < -0.39 is 0 Å². The molecule has 2 aromatic carbocycles. The molecule has 5 heteroatoms. The van der Waals surface area contributed by atoms with Gasteiger partial charge in [-0.05, 0) is 63.2 Å². The van der Waals surface area contributed by atoms with E-state index in [-0.39, 0.29) is 5.91 Å². The summed E-state index contributed by atoms with van der Waals surface area (Å²) >= 11 is 0. The minimum absolute atomic E-state index is 0.0998. The van der Waals surface area contributed by atoms with E-state index in [1.54, 1.807) is 0 Å². The summed E-state index contributed by atoms with van der Waals surface area (Å²) in [6.45, 7) is 6.26. The fourth-order valence-corrected chi connectivity index (χ4v) is 3.66. The van der Waals surface area contributed by atoms with E-state index >= 15 is 0 Å². The zero-order valence-electron chi connectivity index (χ0n) is 15.1. The first-order valence-electron chi connectivity index (χ1n) is 9.32. The van der Waals surface area contributed by atoms with Crippen LogP contribution in [0.2, 0.25) is 0 Å². The van der Waals surface area contributed by atoms with E-state index in [0.717, 1.165) is 48.7 Å². The fraction of sp³-hybridized carbons (Fsp3) is 0.333. The van der Waals surface area contributed by atoms with Crippen molar-refractivity contribution in [1.29, 1.82) is 0 Å². The average Bonchev–Trinajstić information content (AvgIpc) is 3.29. The molecule has 0 saturated carbocycles. The zero-order chi connectivity index (χ0) is 17.9. The molecule has 1 N–H and O–H groups in total. The van der Waals surface area contributed by atoms with Crippen LogP contribution in [0, 0.1) is 0 Å². The van der Waals surface area contributed by atoms with E-state index in [1.165, 1.54) is 12.8 Å². The molecule has 5 nitrogen and oxygen atoms in total. The molecule has 0 radical (unpaired) electrons. The van der Waals surface area contributed by atoms with Crippen LogP contribution in [0.1, 0.15) is 35.9 Å². The Kier molecular flexibility index (Phi) is 4.71. The standard InChI is InChI=1S/C21H24N4O/c1-2-25-19-11-10-17(22-21(26)16-8-4-3-5-9-16)14-18(19)23-20(25)15-24-12-6-7-13-24/h3-5,8-11,14H,2,6-7,12-13,15H2,1H3,(H,22,26). The van der Waals surface area contributed by atoms with E-state index in [2.05, 4.69) is 27.8 Å². The number of hydrogen-bond acceptors (Lipinski definition) is 3. The van der Waals surface area contributed by atoms with Gasteiger partial charge in [-0.1, -0.05) is 18.2 Å². The lowest BCUT2D eigenvalue weighted by Gasteiger charge is -2.14. The molecule has 134 valence electrons. The van der Waals surface area contributed by atoms with Crippen LogP contribution < -0.4 is 5.32 Å². The van der Waals surface area contributed by atoms with Gasteiger partial charge >= 0.3 is 0 Å². The number of amides is 1. The van der Waals surface area contributed by atoms with Gasteiger partial charge in [0.05, 0.1) is 17.6 Å². The number of benzene rings is 2. The first kappa shape index (κ1) is 16.8. The van der Waals surface area contributed by atoms with E-state index in [4.69, 9.17) is 4.98 Å². The normalized spacial score (nSPS) is 14.8. The molecule has 1 saturated heterocycles. The van der Waals surface area contributed by atoms with Crippen LogP contribution in [0.15, 0.2) is 48.5 Å². The van der Waals surface area contributed by atoms with Crippen molar-refractivity contribution in [2.75, 3.05) is 18.4 Å². The quantitative estimate of drug-likeness (QED) is 0.761. The third-order valence-electron chi connectivity index (χ3n) is 5.00. The molecule has 0 atom stereocenters. The number of hydrogen-bond donors (Lipinski definition) is 1. The van der Waals surface area contributed by atoms with Crippen molar-refractivity contribution < 1.29 is 4.79 Å². The molecule has 0 spiro atoms. The Labute approximate surface area is 153 Å². The summed E-state index contributed by atoms with van der Waals surface area (Å²) in [4.78, 5) is 19.7. The molecule has 0 aliphatic carbocycles. The largest absolute Gasteiger partial charge is 0.327 e. The molecule has 1 aliphatic rings. The minimum atomic E-state index is -0.0998. The molecule has 1 amide bonds. The first-order valence-corrected chi connectivity index (χ1v) is 9.32. The molecule has 3 aromatic rings. The fourth-order valence-electron chi connectivity index (χ4n) is 3.66. The molecule has 0 bridgehead atoms. The van der Waals surface area contributed by atoms with Gasteiger partial charge in [0.2, 0.25) is 0 Å². The number of rotatable bonds is 5. The minimum Gasteiger partial charge on any atom is -0.327 e. The van der Waals surface area contributed by atoms with Crippen molar-refractivity contribution >= 4 is 22.6 Å². The lowest BCUT2D eigenvalue weighted by Crippen LogP contribution is -2.21. The van der Waals surface area contributed by atoms with E-state index in [9.17, 15) is 4.79 Å². The number of carbonyl (C=O) groups is 1. The number of fused-ring (bicyclic) bond motifs is 1. The second kappa shape index (κ2) is 7.30. The van der Waals surface area contributed by atoms with Crippen LogP contribution >= 0.6 is 0 Å². The van der Waals surface area contributed by atoms with Gasteiger partial charge in [-0.2, -0.15) is 0 Å².